The summed E-state index contributed by atoms with van der Waals surface area (Å²) in [7, 11) is 0. The highest BCUT2D eigenvalue weighted by Crippen LogP contribution is 2.26. The van der Waals surface area contributed by atoms with Gasteiger partial charge in [-0.2, -0.15) is 0 Å². The Kier molecular flexibility index (Phi) is 2.75. The fraction of sp³-hybridized carbons (Fsp3) is 0. The van der Waals surface area contributed by atoms with Crippen molar-refractivity contribution in [3.8, 4) is 11.5 Å². The average molecular weight is 202 g/mol. The van der Waals surface area contributed by atoms with Gasteiger partial charge >= 0.3 is 0 Å². The minimum absolute atomic E-state index is 0.563. The highest BCUT2D eigenvalue weighted by Gasteiger charge is 2.02. The van der Waals surface area contributed by atoms with Crippen LogP contribution in [-0.2, 0) is 0 Å². The summed E-state index contributed by atoms with van der Waals surface area (Å²) in [5, 5.41) is 0. The topological polar surface area (TPSA) is 73.1 Å². The molecule has 0 aliphatic carbocycles. The molecular formula is C10H10N4O. The van der Waals surface area contributed by atoms with Crippen molar-refractivity contribution in [3.63, 3.8) is 0 Å². The van der Waals surface area contributed by atoms with E-state index in [0.29, 0.717) is 17.2 Å². The van der Waals surface area contributed by atoms with Crippen LogP contribution in [0.25, 0.3) is 0 Å². The molecule has 0 bridgehead atoms. The molecule has 76 valence electrons. The van der Waals surface area contributed by atoms with Gasteiger partial charge in [0.1, 0.15) is 5.75 Å². The molecule has 0 amide bonds. The number of anilines is 1. The van der Waals surface area contributed by atoms with Crippen molar-refractivity contribution in [1.82, 2.24) is 9.97 Å². The number of pyridine rings is 2. The molecule has 0 aliphatic heterocycles. The molecule has 0 atom stereocenters. The Labute approximate surface area is 86.9 Å². The largest absolute Gasteiger partial charge is 0.452 e. The minimum atomic E-state index is 0.563. The summed E-state index contributed by atoms with van der Waals surface area (Å²) in [5.74, 6) is 6.53. The highest BCUT2D eigenvalue weighted by molar-refractivity contribution is 5.54. The quantitative estimate of drug-likeness (QED) is 0.583. The van der Waals surface area contributed by atoms with Crippen LogP contribution in [-0.4, -0.2) is 9.97 Å². The lowest BCUT2D eigenvalue weighted by molar-refractivity contribution is 0.480. The van der Waals surface area contributed by atoms with E-state index >= 15 is 0 Å². The third-order valence-electron chi connectivity index (χ3n) is 1.80. The Morgan fingerprint density at radius 3 is 2.73 bits per heavy atom. The smallest absolute Gasteiger partial charge is 0.170 e. The van der Waals surface area contributed by atoms with Crippen LogP contribution < -0.4 is 16.0 Å². The summed E-state index contributed by atoms with van der Waals surface area (Å²) in [6, 6.07) is 5.33. The monoisotopic (exact) mass is 202 g/mol. The van der Waals surface area contributed by atoms with Crippen LogP contribution in [0, 0.1) is 0 Å². The van der Waals surface area contributed by atoms with E-state index in [1.165, 1.54) is 0 Å². The van der Waals surface area contributed by atoms with Crippen LogP contribution in [0.4, 0.5) is 5.69 Å². The molecule has 2 aromatic heterocycles. The van der Waals surface area contributed by atoms with Crippen molar-refractivity contribution < 1.29 is 4.74 Å². The second kappa shape index (κ2) is 4.39. The molecule has 0 aliphatic rings. The molecule has 2 heterocycles. The van der Waals surface area contributed by atoms with E-state index in [2.05, 4.69) is 15.4 Å². The molecule has 2 aromatic rings. The molecule has 0 fully saturated rings. The summed E-state index contributed by atoms with van der Waals surface area (Å²) in [6.45, 7) is 0. The van der Waals surface area contributed by atoms with Gasteiger partial charge in [0.25, 0.3) is 0 Å². The first-order chi connectivity index (χ1) is 7.40. The van der Waals surface area contributed by atoms with Gasteiger partial charge in [-0.3, -0.25) is 15.8 Å². The lowest BCUT2D eigenvalue weighted by atomic mass is 10.4. The zero-order chi connectivity index (χ0) is 10.5. The molecule has 15 heavy (non-hydrogen) atoms. The number of rotatable bonds is 3. The third kappa shape index (κ3) is 2.21. The fourth-order valence-corrected chi connectivity index (χ4v) is 1.11. The first-order valence-corrected chi connectivity index (χ1v) is 4.38. The Hall–Kier alpha value is -2.14. The molecular weight excluding hydrogens is 192 g/mol. The number of hydrazine groups is 1. The van der Waals surface area contributed by atoms with Crippen LogP contribution >= 0.6 is 0 Å². The average Bonchev–Trinajstić information content (AvgIpc) is 2.31. The van der Waals surface area contributed by atoms with Gasteiger partial charge < -0.3 is 10.2 Å². The fourth-order valence-electron chi connectivity index (χ4n) is 1.11. The van der Waals surface area contributed by atoms with E-state index in [4.69, 9.17) is 10.6 Å². The first-order valence-electron chi connectivity index (χ1n) is 4.38. The summed E-state index contributed by atoms with van der Waals surface area (Å²) >= 11 is 0. The first kappa shape index (κ1) is 9.42. The zero-order valence-corrected chi connectivity index (χ0v) is 7.92. The maximum atomic E-state index is 5.53. The number of nitrogens with one attached hydrogen (secondary N) is 1. The third-order valence-corrected chi connectivity index (χ3v) is 1.80. The van der Waals surface area contributed by atoms with Crippen LogP contribution in [0.1, 0.15) is 0 Å². The maximum absolute atomic E-state index is 5.53. The SMILES string of the molecule is NNc1ccncc1Oc1cccnc1. The van der Waals surface area contributed by atoms with Gasteiger partial charge in [0.05, 0.1) is 18.1 Å². The predicted octanol–water partition coefficient (Wildman–Crippen LogP) is 1.55. The molecule has 0 spiro atoms. The molecule has 0 radical (unpaired) electrons. The molecule has 0 aromatic carbocycles. The van der Waals surface area contributed by atoms with Crippen LogP contribution in [0.5, 0.6) is 11.5 Å². The number of nitrogens with two attached hydrogens (primary N) is 1. The Balaban J connectivity index is 2.24. The number of nitrogen functional groups attached to an aromatic ring is 1. The number of nitrogens with zero attached hydrogens (tertiary/aromatic N) is 2. The highest BCUT2D eigenvalue weighted by atomic mass is 16.5. The van der Waals surface area contributed by atoms with Crippen LogP contribution in [0.2, 0.25) is 0 Å². The molecule has 0 saturated heterocycles. The van der Waals surface area contributed by atoms with Crippen LogP contribution in [0.15, 0.2) is 43.0 Å². The van der Waals surface area contributed by atoms with Gasteiger partial charge in [0.2, 0.25) is 0 Å². The Morgan fingerprint density at radius 1 is 1.13 bits per heavy atom. The second-order valence-corrected chi connectivity index (χ2v) is 2.81. The second-order valence-electron chi connectivity index (χ2n) is 2.81. The Bertz CT molecular complexity index is 432. The lowest BCUT2D eigenvalue weighted by Crippen LogP contribution is -2.07. The van der Waals surface area contributed by atoms with E-state index in [9.17, 15) is 0 Å². The molecule has 5 nitrogen and oxygen atoms in total. The van der Waals surface area contributed by atoms with Crippen molar-refractivity contribution in [3.05, 3.63) is 43.0 Å². The predicted molar refractivity (Wildman–Crippen MR) is 56.4 cm³/mol. The lowest BCUT2D eigenvalue weighted by Gasteiger charge is -2.08. The zero-order valence-electron chi connectivity index (χ0n) is 7.92. The van der Waals surface area contributed by atoms with Crippen molar-refractivity contribution in [2.45, 2.75) is 0 Å². The molecule has 5 heteroatoms. The maximum Gasteiger partial charge on any atom is 0.170 e. The standard InChI is InChI=1S/C10H10N4O/c11-14-9-3-5-13-7-10(9)15-8-2-1-4-12-6-8/h1-7H,11H2,(H,13,14). The minimum Gasteiger partial charge on any atom is -0.452 e. The van der Waals surface area contributed by atoms with Gasteiger partial charge in [-0.15, -0.1) is 0 Å². The summed E-state index contributed by atoms with van der Waals surface area (Å²) in [6.07, 6.45) is 6.51. The molecule has 0 saturated carbocycles. The molecule has 0 unspecified atom stereocenters. The van der Waals surface area contributed by atoms with Gasteiger partial charge in [-0.05, 0) is 18.2 Å². The number of ether oxygens (including phenoxy) is 1. The number of aromatic nitrogens is 2. The van der Waals surface area contributed by atoms with Crippen molar-refractivity contribution in [2.75, 3.05) is 5.43 Å². The van der Waals surface area contributed by atoms with Crippen molar-refractivity contribution >= 4 is 5.69 Å². The Morgan fingerprint density at radius 2 is 2.00 bits per heavy atom. The molecule has 2 rings (SSSR count). The summed E-state index contributed by atoms with van der Waals surface area (Å²) in [5.41, 5.74) is 3.21. The van der Waals surface area contributed by atoms with Gasteiger partial charge in [0.15, 0.2) is 5.75 Å². The van der Waals surface area contributed by atoms with Crippen molar-refractivity contribution in [1.29, 1.82) is 0 Å². The summed E-state index contributed by atoms with van der Waals surface area (Å²) in [4.78, 5) is 7.89. The van der Waals surface area contributed by atoms with Gasteiger partial charge in [-0.1, -0.05) is 0 Å². The van der Waals surface area contributed by atoms with Crippen molar-refractivity contribution in [2.24, 2.45) is 5.84 Å². The van der Waals surface area contributed by atoms with E-state index in [0.717, 1.165) is 0 Å². The van der Waals surface area contributed by atoms with Gasteiger partial charge in [0, 0.05) is 12.4 Å². The van der Waals surface area contributed by atoms with E-state index in [-0.39, 0.29) is 0 Å². The van der Waals surface area contributed by atoms with E-state index in [1.807, 2.05) is 0 Å². The normalized spacial score (nSPS) is 9.67. The van der Waals surface area contributed by atoms with E-state index < -0.39 is 0 Å². The number of hydrogen-bond acceptors (Lipinski definition) is 5. The van der Waals surface area contributed by atoms with Crippen LogP contribution in [0.3, 0.4) is 0 Å². The summed E-state index contributed by atoms with van der Waals surface area (Å²) < 4.78 is 5.53. The number of hydrogen-bond donors (Lipinski definition) is 2. The van der Waals surface area contributed by atoms with Gasteiger partial charge in [-0.25, -0.2) is 0 Å². The molecule has 3 N–H and O–H groups in total. The van der Waals surface area contributed by atoms with E-state index in [1.54, 1.807) is 43.0 Å².